The van der Waals surface area contributed by atoms with Crippen molar-refractivity contribution in [3.63, 3.8) is 0 Å². The quantitative estimate of drug-likeness (QED) is 0.467. The fourth-order valence-corrected chi connectivity index (χ4v) is 3.65. The van der Waals surface area contributed by atoms with E-state index in [1.54, 1.807) is 6.92 Å². The summed E-state index contributed by atoms with van der Waals surface area (Å²) in [5.41, 5.74) is 3.90. The van der Waals surface area contributed by atoms with E-state index in [1.165, 1.54) is 18.9 Å². The molecule has 4 nitrogen and oxygen atoms in total. The van der Waals surface area contributed by atoms with Crippen LogP contribution in [0, 0.1) is 11.3 Å². The van der Waals surface area contributed by atoms with Crippen LogP contribution in [-0.4, -0.2) is 23.3 Å². The first-order valence-electron chi connectivity index (χ1n) is 8.44. The minimum atomic E-state index is -0.468. The highest BCUT2D eigenvalue weighted by Gasteiger charge is 2.21. The number of benzene rings is 2. The lowest BCUT2D eigenvalue weighted by Crippen LogP contribution is -2.15. The van der Waals surface area contributed by atoms with Gasteiger partial charge in [0.15, 0.2) is 0 Å². The fraction of sp³-hybridized carbons (Fsp3) is 0.136. The van der Waals surface area contributed by atoms with Crippen molar-refractivity contribution in [1.82, 2.24) is 4.98 Å². The lowest BCUT2D eigenvalue weighted by molar-refractivity contribution is -0.139. The van der Waals surface area contributed by atoms with Crippen molar-refractivity contribution in [2.24, 2.45) is 0 Å². The van der Waals surface area contributed by atoms with Crippen LogP contribution < -0.4 is 0 Å². The summed E-state index contributed by atoms with van der Waals surface area (Å²) in [6.07, 6.45) is 0. The van der Waals surface area contributed by atoms with Crippen LogP contribution >= 0.6 is 11.8 Å². The second kappa shape index (κ2) is 8.52. The third-order valence-electron chi connectivity index (χ3n) is 4.07. The molecule has 2 aromatic carbocycles. The number of ether oxygens (including phenoxy) is 1. The van der Waals surface area contributed by atoms with Gasteiger partial charge in [-0.3, -0.25) is 4.79 Å². The Morgan fingerprint density at radius 3 is 2.22 bits per heavy atom. The zero-order valence-corrected chi connectivity index (χ0v) is 15.9. The predicted octanol–water partition coefficient (Wildman–Crippen LogP) is 4.94. The number of hydrogen-bond donors (Lipinski definition) is 0. The van der Waals surface area contributed by atoms with E-state index in [1.807, 2.05) is 66.7 Å². The van der Waals surface area contributed by atoms with Gasteiger partial charge in [-0.1, -0.05) is 72.4 Å². The van der Waals surface area contributed by atoms with Crippen LogP contribution in [0.4, 0.5) is 0 Å². The Morgan fingerprint density at radius 2 is 1.67 bits per heavy atom. The average molecular weight is 374 g/mol. The number of carbonyl (C=O) groups is 1. The molecule has 0 bridgehead atoms. The zero-order valence-electron chi connectivity index (χ0n) is 15.0. The Balaban J connectivity index is 2.19. The number of esters is 1. The Labute approximate surface area is 162 Å². The predicted molar refractivity (Wildman–Crippen MR) is 107 cm³/mol. The lowest BCUT2D eigenvalue weighted by atomic mass is 9.99. The number of nitrogens with zero attached hydrogens (tertiary/aromatic N) is 2. The van der Waals surface area contributed by atoms with E-state index in [4.69, 9.17) is 4.74 Å². The monoisotopic (exact) mass is 374 g/mol. The Hall–Kier alpha value is -3.10. The highest BCUT2D eigenvalue weighted by atomic mass is 32.2. The van der Waals surface area contributed by atoms with Crippen LogP contribution in [0.25, 0.3) is 22.4 Å². The van der Waals surface area contributed by atoms with E-state index in [2.05, 4.69) is 11.1 Å². The fourth-order valence-electron chi connectivity index (χ4n) is 2.70. The molecule has 5 heteroatoms. The Kier molecular flexibility index (Phi) is 5.90. The first kappa shape index (κ1) is 18.7. The molecule has 27 heavy (non-hydrogen) atoms. The van der Waals surface area contributed by atoms with E-state index in [9.17, 15) is 10.1 Å². The molecule has 0 fully saturated rings. The maximum atomic E-state index is 11.9. The molecule has 0 spiro atoms. The molecule has 3 rings (SSSR count). The van der Waals surface area contributed by atoms with Crippen LogP contribution in [-0.2, 0) is 9.53 Å². The Bertz CT molecular complexity index is 982. The van der Waals surface area contributed by atoms with E-state index in [-0.39, 0.29) is 5.97 Å². The third kappa shape index (κ3) is 4.18. The van der Waals surface area contributed by atoms with Gasteiger partial charge in [0.25, 0.3) is 0 Å². The average Bonchev–Trinajstić information content (AvgIpc) is 2.73. The van der Waals surface area contributed by atoms with Gasteiger partial charge >= 0.3 is 5.97 Å². The van der Waals surface area contributed by atoms with Gasteiger partial charge in [-0.2, -0.15) is 5.26 Å². The maximum absolute atomic E-state index is 11.9. The van der Waals surface area contributed by atoms with Gasteiger partial charge in [-0.05, 0) is 18.6 Å². The molecule has 0 aliphatic rings. The van der Waals surface area contributed by atoms with Crippen LogP contribution in [0.1, 0.15) is 12.5 Å². The molecule has 0 unspecified atom stereocenters. The van der Waals surface area contributed by atoms with Crippen LogP contribution in [0.5, 0.6) is 0 Å². The molecule has 0 aliphatic carbocycles. The van der Waals surface area contributed by atoms with Gasteiger partial charge < -0.3 is 4.74 Å². The standard InChI is InChI=1S/C22H18N2O2S/c1-15(22(25)26-2)27-21-19(14-23)18(16-9-5-3-6-10-16)13-20(24-21)17-11-7-4-8-12-17/h3-13,15H,1-2H3/t15-/m0/s1. The second-order valence-corrected chi connectivity index (χ2v) is 7.19. The summed E-state index contributed by atoms with van der Waals surface area (Å²) in [4.78, 5) is 16.6. The van der Waals surface area contributed by atoms with Gasteiger partial charge in [0.2, 0.25) is 0 Å². The maximum Gasteiger partial charge on any atom is 0.318 e. The lowest BCUT2D eigenvalue weighted by Gasteiger charge is -2.14. The molecular weight excluding hydrogens is 356 g/mol. The molecule has 0 saturated carbocycles. The molecule has 0 aliphatic heterocycles. The molecule has 1 heterocycles. The van der Waals surface area contributed by atoms with E-state index in [0.29, 0.717) is 10.6 Å². The minimum absolute atomic E-state index is 0.350. The van der Waals surface area contributed by atoms with Crippen molar-refractivity contribution >= 4 is 17.7 Å². The second-order valence-electron chi connectivity index (χ2n) is 5.86. The number of nitriles is 1. The molecule has 1 atom stereocenters. The number of aromatic nitrogens is 1. The number of rotatable bonds is 5. The van der Waals surface area contributed by atoms with E-state index >= 15 is 0 Å². The smallest absolute Gasteiger partial charge is 0.318 e. The van der Waals surface area contributed by atoms with Crippen LogP contribution in [0.15, 0.2) is 71.8 Å². The van der Waals surface area contributed by atoms with Gasteiger partial charge in [-0.15, -0.1) is 0 Å². The first-order valence-corrected chi connectivity index (χ1v) is 9.32. The zero-order chi connectivity index (χ0) is 19.2. The first-order chi connectivity index (χ1) is 13.1. The highest BCUT2D eigenvalue weighted by molar-refractivity contribution is 8.00. The molecule has 0 radical (unpaired) electrons. The van der Waals surface area contributed by atoms with Crippen molar-refractivity contribution in [2.45, 2.75) is 17.2 Å². The molecule has 0 N–H and O–H groups in total. The summed E-state index contributed by atoms with van der Waals surface area (Å²) in [5.74, 6) is -0.350. The highest BCUT2D eigenvalue weighted by Crippen LogP contribution is 2.35. The van der Waals surface area contributed by atoms with E-state index < -0.39 is 5.25 Å². The normalized spacial score (nSPS) is 11.4. The van der Waals surface area contributed by atoms with Gasteiger partial charge in [-0.25, -0.2) is 4.98 Å². The summed E-state index contributed by atoms with van der Waals surface area (Å²) >= 11 is 1.24. The number of pyridine rings is 1. The van der Waals surface area contributed by atoms with E-state index in [0.717, 1.165) is 22.4 Å². The number of thioether (sulfide) groups is 1. The van der Waals surface area contributed by atoms with Crippen molar-refractivity contribution < 1.29 is 9.53 Å². The van der Waals surface area contributed by atoms with Gasteiger partial charge in [0.05, 0.1) is 18.4 Å². The molecule has 134 valence electrons. The van der Waals surface area contributed by atoms with Crippen molar-refractivity contribution in [1.29, 1.82) is 5.26 Å². The van der Waals surface area contributed by atoms with Gasteiger partial charge in [0.1, 0.15) is 16.3 Å². The minimum Gasteiger partial charge on any atom is -0.468 e. The molecule has 0 amide bonds. The van der Waals surface area contributed by atoms with Crippen LogP contribution in [0.2, 0.25) is 0 Å². The summed E-state index contributed by atoms with van der Waals surface area (Å²) in [6, 6.07) is 23.7. The summed E-state index contributed by atoms with van der Waals surface area (Å²) in [7, 11) is 1.35. The summed E-state index contributed by atoms with van der Waals surface area (Å²) in [5, 5.41) is 9.87. The van der Waals surface area contributed by atoms with Crippen molar-refractivity contribution in [2.75, 3.05) is 7.11 Å². The number of hydrogen-bond acceptors (Lipinski definition) is 5. The number of methoxy groups -OCH3 is 1. The summed E-state index contributed by atoms with van der Waals surface area (Å²) < 4.78 is 4.82. The Morgan fingerprint density at radius 1 is 1.07 bits per heavy atom. The molecule has 0 saturated heterocycles. The molecule has 1 aromatic heterocycles. The number of carbonyl (C=O) groups excluding carboxylic acids is 1. The largest absolute Gasteiger partial charge is 0.468 e. The molecular formula is C22H18N2O2S. The van der Waals surface area contributed by atoms with Gasteiger partial charge in [0, 0.05) is 11.1 Å². The molecule has 3 aromatic rings. The van der Waals surface area contributed by atoms with Crippen molar-refractivity contribution in [3.8, 4) is 28.5 Å². The van der Waals surface area contributed by atoms with Crippen molar-refractivity contribution in [3.05, 3.63) is 72.3 Å². The summed E-state index contributed by atoms with van der Waals surface area (Å²) in [6.45, 7) is 1.75. The SMILES string of the molecule is COC(=O)[C@H](C)Sc1nc(-c2ccccc2)cc(-c2ccccc2)c1C#N. The third-order valence-corrected chi connectivity index (χ3v) is 5.14. The topological polar surface area (TPSA) is 63.0 Å². The van der Waals surface area contributed by atoms with Crippen LogP contribution in [0.3, 0.4) is 0 Å².